The van der Waals surface area contributed by atoms with Crippen LogP contribution in [0.2, 0.25) is 0 Å². The van der Waals surface area contributed by atoms with E-state index < -0.39 is 121 Å². The van der Waals surface area contributed by atoms with Gasteiger partial charge in [-0.3, -0.25) is 48.3 Å². The Bertz CT molecular complexity index is 2530. The van der Waals surface area contributed by atoms with Crippen molar-refractivity contribution >= 4 is 103 Å². The highest BCUT2D eigenvalue weighted by atomic mass is 33.1. The summed E-state index contributed by atoms with van der Waals surface area (Å²) in [5, 5.41) is 20.3. The zero-order chi connectivity index (χ0) is 51.9. The van der Waals surface area contributed by atoms with Gasteiger partial charge in [-0.25, -0.2) is 19.6 Å². The summed E-state index contributed by atoms with van der Waals surface area (Å²) in [5.41, 5.74) is 1.37. The number of ether oxygens (including phenoxy) is 2. The van der Waals surface area contributed by atoms with E-state index in [2.05, 4.69) is 62.5 Å². The largest absolute Gasteiger partial charge is 0.461 e. The number of nitrogens with zero attached hydrogens (tertiary/aromatic N) is 4. The smallest absolute Gasteiger partial charge is 0.328 e. The zero-order valence-corrected chi connectivity index (χ0v) is 41.2. The minimum atomic E-state index is -1.64. The van der Waals surface area contributed by atoms with E-state index >= 15 is 0 Å². The van der Waals surface area contributed by atoms with Crippen molar-refractivity contribution in [2.45, 2.75) is 102 Å². The van der Waals surface area contributed by atoms with Gasteiger partial charge in [0, 0.05) is 11.5 Å². The van der Waals surface area contributed by atoms with Gasteiger partial charge >= 0.3 is 11.9 Å². The van der Waals surface area contributed by atoms with Gasteiger partial charge in [0.05, 0.1) is 34.5 Å². The van der Waals surface area contributed by atoms with Crippen LogP contribution >= 0.6 is 21.6 Å². The highest BCUT2D eigenvalue weighted by molar-refractivity contribution is 8.76. The highest BCUT2D eigenvalue weighted by Gasteiger charge is 2.36. The van der Waals surface area contributed by atoms with Gasteiger partial charge in [-0.2, -0.15) is 0 Å². The molecule has 382 valence electrons. The summed E-state index contributed by atoms with van der Waals surface area (Å²) in [6.45, 7) is 4.50. The maximum absolute atomic E-state index is 14.1. The van der Waals surface area contributed by atoms with Gasteiger partial charge in [0.2, 0.25) is 35.4 Å². The number of esters is 2. The predicted molar refractivity (Wildman–Crippen MR) is 261 cm³/mol. The van der Waals surface area contributed by atoms with Gasteiger partial charge in [0.15, 0.2) is 0 Å². The molecule has 0 spiro atoms. The molecule has 6 rings (SSSR count). The second-order valence-electron chi connectivity index (χ2n) is 16.7. The molecule has 0 radical (unpaired) electrons. The van der Waals surface area contributed by atoms with Crippen LogP contribution in [-0.4, -0.2) is 152 Å². The van der Waals surface area contributed by atoms with Gasteiger partial charge in [-0.15, -0.1) is 0 Å². The van der Waals surface area contributed by atoms with Gasteiger partial charge in [-0.05, 0) is 51.0 Å². The van der Waals surface area contributed by atoms with Crippen LogP contribution < -0.4 is 42.5 Å². The van der Waals surface area contributed by atoms with E-state index in [9.17, 15) is 47.9 Å². The Morgan fingerprint density at radius 2 is 0.917 bits per heavy atom. The molecule has 26 heteroatoms. The van der Waals surface area contributed by atoms with Crippen LogP contribution in [0.15, 0.2) is 60.9 Å². The molecule has 72 heavy (non-hydrogen) atoms. The van der Waals surface area contributed by atoms with Crippen LogP contribution in [0.5, 0.6) is 0 Å². The summed E-state index contributed by atoms with van der Waals surface area (Å²) in [6, 6.07) is 1.96. The van der Waals surface area contributed by atoms with Crippen LogP contribution in [0.4, 0.5) is 0 Å². The van der Waals surface area contributed by atoms with Crippen molar-refractivity contribution in [3.63, 3.8) is 0 Å². The fourth-order valence-corrected chi connectivity index (χ4v) is 9.39. The van der Waals surface area contributed by atoms with E-state index in [0.29, 0.717) is 34.9 Å². The Morgan fingerprint density at radius 3 is 1.29 bits per heavy atom. The molecule has 0 saturated carbocycles. The number of hydrogen-bond donors (Lipinski definition) is 8. The van der Waals surface area contributed by atoms with Crippen molar-refractivity contribution in [1.82, 2.24) is 62.5 Å². The predicted octanol–water partition coefficient (Wildman–Crippen LogP) is -0.486. The maximum Gasteiger partial charge on any atom is 0.328 e. The summed E-state index contributed by atoms with van der Waals surface area (Å²) in [4.78, 5) is 155. The molecule has 2 fully saturated rings. The minimum Gasteiger partial charge on any atom is -0.461 e. The lowest BCUT2D eigenvalue weighted by molar-refractivity contribution is -0.150. The number of para-hydroxylation sites is 4. The molecule has 4 heterocycles. The lowest BCUT2D eigenvalue weighted by atomic mass is 10.1. The molecule has 4 aromatic rings. The molecule has 8 amide bonds. The lowest BCUT2D eigenvalue weighted by Crippen LogP contribution is -2.59. The SMILES string of the molecule is CCC[C@@H]1NC(=O)[C@@H]2CSSC[C@@H](NC(=O)[C@H](C)NC(=O)[C@@H](NC(=O)c3cnc4ccccc4n3)COC1=O)C(=O)N[C@@H](CCC)C(=O)OC[C@@H](NC(=O)c1cnc3ccccc3n1)C(=O)N[C@@H](C)C(=O)N2. The Balaban J connectivity index is 1.30. The molecule has 2 aliphatic heterocycles. The summed E-state index contributed by atoms with van der Waals surface area (Å²) < 4.78 is 11.1. The van der Waals surface area contributed by atoms with Crippen molar-refractivity contribution in [2.75, 3.05) is 24.7 Å². The van der Waals surface area contributed by atoms with Crippen LogP contribution in [0.25, 0.3) is 22.1 Å². The van der Waals surface area contributed by atoms with Crippen molar-refractivity contribution in [1.29, 1.82) is 0 Å². The van der Waals surface area contributed by atoms with E-state index in [1.807, 2.05) is 0 Å². The third-order valence-electron chi connectivity index (χ3n) is 11.1. The van der Waals surface area contributed by atoms with Gasteiger partial charge in [0.25, 0.3) is 11.8 Å². The number of fused-ring (bicyclic) bond motifs is 7. The summed E-state index contributed by atoms with van der Waals surface area (Å²) in [7, 11) is 2.03. The number of carbonyl (C=O) groups is 10. The highest BCUT2D eigenvalue weighted by Crippen LogP contribution is 2.24. The number of cyclic esters (lactones) is 2. The maximum atomic E-state index is 14.1. The molecule has 0 unspecified atom stereocenters. The Kier molecular flexibility index (Phi) is 19.1. The van der Waals surface area contributed by atoms with Crippen molar-refractivity contribution in [2.24, 2.45) is 0 Å². The van der Waals surface area contributed by atoms with Gasteiger partial charge in [0.1, 0.15) is 72.9 Å². The molecular formula is C46H54N12O12S2. The Hall–Kier alpha value is -7.48. The first-order valence-electron chi connectivity index (χ1n) is 23.0. The van der Waals surface area contributed by atoms with E-state index in [1.165, 1.54) is 26.2 Å². The third-order valence-corrected chi connectivity index (χ3v) is 13.5. The van der Waals surface area contributed by atoms with Crippen molar-refractivity contribution in [3.8, 4) is 0 Å². The molecule has 2 saturated heterocycles. The van der Waals surface area contributed by atoms with Crippen LogP contribution in [0.3, 0.4) is 0 Å². The van der Waals surface area contributed by atoms with E-state index in [1.54, 1.807) is 62.4 Å². The van der Waals surface area contributed by atoms with Crippen molar-refractivity contribution < 1.29 is 57.4 Å². The van der Waals surface area contributed by atoms with Crippen LogP contribution in [0, 0.1) is 0 Å². The Labute approximate surface area is 420 Å². The van der Waals surface area contributed by atoms with E-state index in [4.69, 9.17) is 9.47 Å². The number of nitrogens with one attached hydrogen (secondary N) is 8. The number of aromatic nitrogens is 4. The Morgan fingerprint density at radius 1 is 0.542 bits per heavy atom. The first-order chi connectivity index (χ1) is 34.5. The molecule has 8 N–H and O–H groups in total. The van der Waals surface area contributed by atoms with Crippen molar-refractivity contribution in [3.05, 3.63) is 72.3 Å². The standard InChI is InChI=1S/C46H54N12O12S2/c1-5-11-29-45(67)69-19-33(55-39(61)31-17-47-25-13-7-9-15-27(25)51-31)41(63)49-24(4)38(60)58-36-22-72-71-21-35(43(65)53-29)57-37(59)23(3)50-42(64)34(20-70-46(68)30(12-6-2)54-44(36)66)56-40(62)32-18-48-26-14-8-10-16-28(26)52-32/h7-10,13-18,23-24,29-30,33-36H,5-6,11-12,19-22H2,1-4H3,(H,49,63)(H,50,64)(H,53,65)(H,54,66)(H,55,61)(H,56,62)(H,57,59)(H,58,60)/t23-,24-,29-,30-,33-,34+,35-,36+/m0/s1. The number of rotatable bonds is 8. The van der Waals surface area contributed by atoms with Crippen LogP contribution in [-0.2, 0) is 47.8 Å². The molecule has 2 aromatic heterocycles. The summed E-state index contributed by atoms with van der Waals surface area (Å²) >= 11 is 0. The lowest BCUT2D eigenvalue weighted by Gasteiger charge is -2.27. The first-order valence-corrected chi connectivity index (χ1v) is 25.5. The van der Waals surface area contributed by atoms with Crippen LogP contribution in [0.1, 0.15) is 74.4 Å². The summed E-state index contributed by atoms with van der Waals surface area (Å²) in [6.07, 6.45) is 3.14. The third kappa shape index (κ3) is 14.6. The fraction of sp³-hybridized carbons (Fsp3) is 0.435. The van der Waals surface area contributed by atoms with E-state index in [0.717, 1.165) is 21.6 Å². The molecule has 2 bridgehead atoms. The average molecular weight is 1030 g/mol. The number of amides is 8. The molecule has 8 atom stereocenters. The monoisotopic (exact) mass is 1030 g/mol. The number of hydrogen-bond acceptors (Lipinski definition) is 18. The average Bonchev–Trinajstić information content (AvgIpc) is 3.37. The minimum absolute atomic E-state index is 0.0327. The molecule has 2 aromatic carbocycles. The quantitative estimate of drug-likeness (QED) is 0.0816. The second kappa shape index (κ2) is 25.6. The fourth-order valence-electron chi connectivity index (χ4n) is 7.07. The normalized spacial score (nSPS) is 24.7. The molecule has 0 aliphatic carbocycles. The molecule has 2 aliphatic rings. The first kappa shape index (κ1) is 53.9. The van der Waals surface area contributed by atoms with E-state index in [-0.39, 0.29) is 35.7 Å². The number of benzene rings is 2. The van der Waals surface area contributed by atoms with Gasteiger partial charge in [-0.1, -0.05) is 72.5 Å². The zero-order valence-electron chi connectivity index (χ0n) is 39.6. The van der Waals surface area contributed by atoms with Gasteiger partial charge < -0.3 is 52.0 Å². The molecule has 24 nitrogen and oxygen atoms in total. The molecular weight excluding hydrogens is 977 g/mol. The number of carbonyl (C=O) groups excluding carboxylic acids is 10. The second-order valence-corrected chi connectivity index (χ2v) is 19.2. The summed E-state index contributed by atoms with van der Waals surface area (Å²) in [5.74, 6) is -9.56. The topological polar surface area (TPSA) is 337 Å².